The number of unbranched alkanes of at least 4 members (excludes halogenated alkanes) is 2. The van der Waals surface area contributed by atoms with Crippen LogP contribution < -0.4 is 4.74 Å². The molecule has 0 atom stereocenters. The van der Waals surface area contributed by atoms with Gasteiger partial charge in [-0.2, -0.15) is 0 Å². The first kappa shape index (κ1) is 11.1. The predicted octanol–water partition coefficient (Wildman–Crippen LogP) is 3.63. The van der Waals surface area contributed by atoms with Crippen LogP contribution in [-0.2, 0) is 6.42 Å². The Morgan fingerprint density at radius 1 is 1.21 bits per heavy atom. The Balaban J connectivity index is 2.29. The molecule has 0 aliphatic rings. The van der Waals surface area contributed by atoms with Gasteiger partial charge in [0.2, 0.25) is 0 Å². The highest BCUT2D eigenvalue weighted by molar-refractivity contribution is 5.27. The maximum Gasteiger partial charge on any atom is 0.119 e. The highest BCUT2D eigenvalue weighted by atomic mass is 16.5. The van der Waals surface area contributed by atoms with Gasteiger partial charge in [-0.25, -0.2) is 0 Å². The van der Waals surface area contributed by atoms with Gasteiger partial charge in [0, 0.05) is 0 Å². The third kappa shape index (κ3) is 3.82. The minimum Gasteiger partial charge on any atom is -0.494 e. The molecule has 77 valence electrons. The molecule has 0 aliphatic carbocycles. The highest BCUT2D eigenvalue weighted by Crippen LogP contribution is 2.12. The van der Waals surface area contributed by atoms with Crippen LogP contribution in [0.1, 0.15) is 32.3 Å². The smallest absolute Gasteiger partial charge is 0.119 e. The highest BCUT2D eigenvalue weighted by Gasteiger charge is 1.93. The zero-order valence-corrected chi connectivity index (χ0v) is 9.12. The molecule has 1 heteroatoms. The van der Waals surface area contributed by atoms with Gasteiger partial charge < -0.3 is 4.74 Å². The predicted molar refractivity (Wildman–Crippen MR) is 60.5 cm³/mol. The first-order chi connectivity index (χ1) is 6.86. The van der Waals surface area contributed by atoms with Crippen LogP contribution in [0, 0.1) is 6.42 Å². The van der Waals surface area contributed by atoms with Crippen LogP contribution in [0.15, 0.2) is 24.3 Å². The van der Waals surface area contributed by atoms with Gasteiger partial charge in [0.1, 0.15) is 5.75 Å². The van der Waals surface area contributed by atoms with E-state index in [0.29, 0.717) is 0 Å². The van der Waals surface area contributed by atoms with Crippen LogP contribution in [0.3, 0.4) is 0 Å². The van der Waals surface area contributed by atoms with E-state index in [1.807, 2.05) is 0 Å². The van der Waals surface area contributed by atoms with Crippen molar-refractivity contribution in [1.82, 2.24) is 0 Å². The summed E-state index contributed by atoms with van der Waals surface area (Å²) in [6, 6.07) is 8.35. The largest absolute Gasteiger partial charge is 0.494 e. The second-order valence-corrected chi connectivity index (χ2v) is 3.40. The molecule has 0 fully saturated rings. The third-order valence-electron chi connectivity index (χ3n) is 2.24. The van der Waals surface area contributed by atoms with Crippen LogP contribution >= 0.6 is 0 Å². The Bertz CT molecular complexity index is 238. The van der Waals surface area contributed by atoms with Crippen molar-refractivity contribution in [2.24, 2.45) is 0 Å². The quantitative estimate of drug-likeness (QED) is 0.624. The van der Waals surface area contributed by atoms with E-state index in [1.165, 1.54) is 5.56 Å². The number of rotatable bonds is 6. The summed E-state index contributed by atoms with van der Waals surface area (Å²) >= 11 is 0. The lowest BCUT2D eigenvalue weighted by molar-refractivity contribution is 0.310. The van der Waals surface area contributed by atoms with E-state index in [-0.39, 0.29) is 0 Å². The van der Waals surface area contributed by atoms with Crippen molar-refractivity contribution in [2.45, 2.75) is 33.1 Å². The van der Waals surface area contributed by atoms with E-state index in [9.17, 15) is 0 Å². The summed E-state index contributed by atoms with van der Waals surface area (Å²) in [7, 11) is 0. The summed E-state index contributed by atoms with van der Waals surface area (Å²) < 4.78 is 5.59. The van der Waals surface area contributed by atoms with Crippen molar-refractivity contribution in [3.05, 3.63) is 36.2 Å². The molecule has 0 heterocycles. The normalized spacial score (nSPS) is 10.1. The van der Waals surface area contributed by atoms with Gasteiger partial charge in [-0.3, -0.25) is 0 Å². The summed E-state index contributed by atoms with van der Waals surface area (Å²) in [4.78, 5) is 0. The zero-order valence-electron chi connectivity index (χ0n) is 9.12. The molecule has 0 spiro atoms. The molecule has 0 N–H and O–H groups in total. The number of ether oxygens (including phenoxy) is 1. The first-order valence-electron chi connectivity index (χ1n) is 5.36. The topological polar surface area (TPSA) is 9.23 Å². The monoisotopic (exact) mass is 191 g/mol. The Kier molecular flexibility index (Phi) is 5.13. The third-order valence-corrected chi connectivity index (χ3v) is 2.24. The Hall–Kier alpha value is -0.980. The first-order valence-corrected chi connectivity index (χ1v) is 5.36. The van der Waals surface area contributed by atoms with Crippen LogP contribution in [0.2, 0.25) is 0 Å². The average molecular weight is 191 g/mol. The van der Waals surface area contributed by atoms with Crippen molar-refractivity contribution in [3.63, 3.8) is 0 Å². The molecule has 1 aromatic carbocycles. The van der Waals surface area contributed by atoms with E-state index in [0.717, 1.165) is 31.6 Å². The van der Waals surface area contributed by atoms with E-state index < -0.39 is 0 Å². The standard InChI is InChI=1S/C13H19O/c1-3-5-6-11-14-13-9-7-12(4-2)8-10-13/h3,7-10H,4-6,11H2,1-2H3. The summed E-state index contributed by atoms with van der Waals surface area (Å²) in [5.74, 6) is 0.985. The van der Waals surface area contributed by atoms with Crippen molar-refractivity contribution < 1.29 is 4.74 Å². The molecule has 1 aromatic rings. The second kappa shape index (κ2) is 6.47. The number of benzene rings is 1. The Labute approximate surface area is 87.1 Å². The van der Waals surface area contributed by atoms with E-state index >= 15 is 0 Å². The fraction of sp³-hybridized carbons (Fsp3) is 0.462. The van der Waals surface area contributed by atoms with Gasteiger partial charge >= 0.3 is 0 Å². The van der Waals surface area contributed by atoms with Crippen LogP contribution in [0.5, 0.6) is 5.75 Å². The maximum atomic E-state index is 5.59. The zero-order chi connectivity index (χ0) is 10.2. The van der Waals surface area contributed by atoms with Crippen molar-refractivity contribution in [3.8, 4) is 5.75 Å². The summed E-state index contributed by atoms with van der Waals surface area (Å²) in [6.45, 7) is 5.05. The Morgan fingerprint density at radius 3 is 2.50 bits per heavy atom. The lowest BCUT2D eigenvalue weighted by Crippen LogP contribution is -1.96. The summed E-state index contributed by atoms with van der Waals surface area (Å²) in [5, 5.41) is 0. The van der Waals surface area contributed by atoms with Crippen LogP contribution in [0.25, 0.3) is 0 Å². The van der Waals surface area contributed by atoms with Gasteiger partial charge in [0.05, 0.1) is 6.61 Å². The van der Waals surface area contributed by atoms with E-state index in [1.54, 1.807) is 0 Å². The van der Waals surface area contributed by atoms with E-state index in [4.69, 9.17) is 4.74 Å². The fourth-order valence-corrected chi connectivity index (χ4v) is 1.30. The lowest BCUT2D eigenvalue weighted by atomic mass is 10.2. The molecule has 0 saturated carbocycles. The fourth-order valence-electron chi connectivity index (χ4n) is 1.30. The van der Waals surface area contributed by atoms with Gasteiger partial charge in [0.25, 0.3) is 0 Å². The van der Waals surface area contributed by atoms with Crippen LogP contribution in [-0.4, -0.2) is 6.61 Å². The van der Waals surface area contributed by atoms with Crippen molar-refractivity contribution in [2.75, 3.05) is 6.61 Å². The molecule has 0 saturated heterocycles. The minimum atomic E-state index is 0.815. The number of aryl methyl sites for hydroxylation is 1. The molecule has 0 unspecified atom stereocenters. The van der Waals surface area contributed by atoms with Gasteiger partial charge in [-0.15, -0.1) is 0 Å². The van der Waals surface area contributed by atoms with Gasteiger partial charge in [-0.05, 0) is 43.4 Å². The second-order valence-electron chi connectivity index (χ2n) is 3.40. The van der Waals surface area contributed by atoms with Crippen LogP contribution in [0.4, 0.5) is 0 Å². The molecule has 0 aromatic heterocycles. The molecule has 14 heavy (non-hydrogen) atoms. The molecule has 0 aliphatic heterocycles. The number of hydrogen-bond donors (Lipinski definition) is 0. The van der Waals surface area contributed by atoms with Crippen molar-refractivity contribution in [1.29, 1.82) is 0 Å². The molecular formula is C13H19O. The molecule has 1 rings (SSSR count). The number of hydrogen-bond acceptors (Lipinski definition) is 1. The molecular weight excluding hydrogens is 172 g/mol. The summed E-state index contributed by atoms with van der Waals surface area (Å²) in [5.41, 5.74) is 1.36. The maximum absolute atomic E-state index is 5.59. The molecule has 0 amide bonds. The molecule has 1 nitrogen and oxygen atoms in total. The minimum absolute atomic E-state index is 0.815. The molecule has 1 radical (unpaired) electrons. The summed E-state index contributed by atoms with van der Waals surface area (Å²) in [6.07, 6.45) is 5.49. The lowest BCUT2D eigenvalue weighted by Gasteiger charge is -2.05. The van der Waals surface area contributed by atoms with Crippen molar-refractivity contribution >= 4 is 0 Å². The molecule has 0 bridgehead atoms. The Morgan fingerprint density at radius 2 is 1.93 bits per heavy atom. The van der Waals surface area contributed by atoms with E-state index in [2.05, 4.69) is 44.5 Å². The van der Waals surface area contributed by atoms with Gasteiger partial charge in [-0.1, -0.05) is 26.0 Å². The van der Waals surface area contributed by atoms with Gasteiger partial charge in [0.15, 0.2) is 0 Å². The SMILES string of the molecule is C[CH]CCCOc1ccc(CC)cc1. The average Bonchev–Trinajstić information content (AvgIpc) is 2.25.